The van der Waals surface area contributed by atoms with Crippen molar-refractivity contribution in [2.75, 3.05) is 6.54 Å². The van der Waals surface area contributed by atoms with Crippen LogP contribution in [0, 0.1) is 17.3 Å². The van der Waals surface area contributed by atoms with Gasteiger partial charge in [0.25, 0.3) is 5.91 Å². The Labute approximate surface area is 163 Å². The summed E-state index contributed by atoms with van der Waals surface area (Å²) in [5.41, 5.74) is -0.596. The molecule has 0 radical (unpaired) electrons. The van der Waals surface area contributed by atoms with Gasteiger partial charge in [-0.3, -0.25) is 14.5 Å². The molecule has 2 fully saturated rings. The summed E-state index contributed by atoms with van der Waals surface area (Å²) in [5.74, 6) is 0.630. The monoisotopic (exact) mass is 379 g/mol. The van der Waals surface area contributed by atoms with E-state index in [1.807, 2.05) is 6.92 Å². The van der Waals surface area contributed by atoms with Gasteiger partial charge in [0.1, 0.15) is 12.1 Å². The Balaban J connectivity index is 1.92. The first-order valence-corrected chi connectivity index (χ1v) is 10.4. The molecular formula is C21H37N3O3. The molecule has 4 amide bonds. The molecule has 1 unspecified atom stereocenters. The van der Waals surface area contributed by atoms with Crippen molar-refractivity contribution in [3.05, 3.63) is 0 Å². The Morgan fingerprint density at radius 1 is 1.19 bits per heavy atom. The maximum absolute atomic E-state index is 12.9. The fourth-order valence-electron chi connectivity index (χ4n) is 4.25. The number of imide groups is 1. The number of hydrogen-bond donors (Lipinski definition) is 2. The first-order chi connectivity index (χ1) is 12.4. The molecule has 2 aliphatic rings. The third-order valence-corrected chi connectivity index (χ3v) is 6.20. The summed E-state index contributed by atoms with van der Waals surface area (Å²) in [4.78, 5) is 38.7. The van der Waals surface area contributed by atoms with E-state index in [9.17, 15) is 14.4 Å². The average Bonchev–Trinajstić information content (AvgIpc) is 2.77. The fraction of sp³-hybridized carbons (Fsp3) is 0.857. The molecule has 6 nitrogen and oxygen atoms in total. The van der Waals surface area contributed by atoms with Gasteiger partial charge in [-0.05, 0) is 62.7 Å². The van der Waals surface area contributed by atoms with Crippen molar-refractivity contribution in [2.45, 2.75) is 91.6 Å². The van der Waals surface area contributed by atoms with E-state index in [1.165, 1.54) is 0 Å². The molecule has 2 N–H and O–H groups in total. The standard InChI is InChI=1S/C21H37N3O3/c1-14(2)7-8-15(3)22-17(25)13-24-18(26)21(23-19(24)27)11-9-16(10-12-21)20(4,5)6/h14-16H,7-13H2,1-6H3,(H,22,25)(H,23,27). The molecule has 1 atom stereocenters. The Kier molecular flexibility index (Phi) is 6.59. The Bertz CT molecular complexity index is 572. The van der Waals surface area contributed by atoms with E-state index in [1.54, 1.807) is 0 Å². The molecule has 154 valence electrons. The lowest BCUT2D eigenvalue weighted by Gasteiger charge is -2.40. The maximum Gasteiger partial charge on any atom is 0.325 e. The van der Waals surface area contributed by atoms with E-state index in [4.69, 9.17) is 0 Å². The molecule has 1 aliphatic heterocycles. The second-order valence-corrected chi connectivity index (χ2v) is 9.98. The van der Waals surface area contributed by atoms with E-state index < -0.39 is 11.6 Å². The zero-order valence-corrected chi connectivity index (χ0v) is 17.9. The molecule has 0 aromatic carbocycles. The van der Waals surface area contributed by atoms with Crippen molar-refractivity contribution in [3.8, 4) is 0 Å². The van der Waals surface area contributed by atoms with Gasteiger partial charge in [0.2, 0.25) is 5.91 Å². The van der Waals surface area contributed by atoms with Gasteiger partial charge in [-0.25, -0.2) is 4.79 Å². The molecular weight excluding hydrogens is 342 g/mol. The number of carbonyl (C=O) groups is 3. The molecule has 1 heterocycles. The van der Waals surface area contributed by atoms with Gasteiger partial charge in [0.05, 0.1) is 0 Å². The van der Waals surface area contributed by atoms with Gasteiger partial charge in [0.15, 0.2) is 0 Å². The number of hydrogen-bond acceptors (Lipinski definition) is 3. The van der Waals surface area contributed by atoms with Crippen molar-refractivity contribution in [1.29, 1.82) is 0 Å². The highest BCUT2D eigenvalue weighted by molar-refractivity contribution is 6.09. The smallest absolute Gasteiger partial charge is 0.325 e. The fourth-order valence-corrected chi connectivity index (χ4v) is 4.25. The van der Waals surface area contributed by atoms with Crippen LogP contribution in [0.15, 0.2) is 0 Å². The minimum atomic E-state index is -0.803. The normalized spacial score (nSPS) is 27.2. The van der Waals surface area contributed by atoms with E-state index in [0.717, 1.165) is 30.6 Å². The lowest BCUT2D eigenvalue weighted by molar-refractivity contribution is -0.136. The van der Waals surface area contributed by atoms with E-state index in [0.29, 0.717) is 24.7 Å². The molecule has 1 saturated carbocycles. The highest BCUT2D eigenvalue weighted by Crippen LogP contribution is 2.43. The van der Waals surface area contributed by atoms with Crippen molar-refractivity contribution >= 4 is 17.8 Å². The Hall–Kier alpha value is -1.59. The van der Waals surface area contributed by atoms with Crippen molar-refractivity contribution < 1.29 is 14.4 Å². The van der Waals surface area contributed by atoms with E-state index in [-0.39, 0.29) is 29.8 Å². The quantitative estimate of drug-likeness (QED) is 0.694. The maximum atomic E-state index is 12.9. The molecule has 1 aliphatic carbocycles. The number of nitrogens with zero attached hydrogens (tertiary/aromatic N) is 1. The molecule has 27 heavy (non-hydrogen) atoms. The Morgan fingerprint density at radius 2 is 1.78 bits per heavy atom. The largest absolute Gasteiger partial charge is 0.352 e. The van der Waals surface area contributed by atoms with Crippen molar-refractivity contribution in [1.82, 2.24) is 15.5 Å². The minimum Gasteiger partial charge on any atom is -0.352 e. The summed E-state index contributed by atoms with van der Waals surface area (Å²) in [6, 6.07) is -0.393. The molecule has 0 aromatic heterocycles. The van der Waals surface area contributed by atoms with Crippen LogP contribution >= 0.6 is 0 Å². The first-order valence-electron chi connectivity index (χ1n) is 10.4. The van der Waals surface area contributed by atoms with E-state index in [2.05, 4.69) is 45.3 Å². The molecule has 6 heteroatoms. The van der Waals surface area contributed by atoms with Gasteiger partial charge in [-0.1, -0.05) is 34.6 Å². The lowest BCUT2D eigenvalue weighted by Crippen LogP contribution is -2.51. The van der Waals surface area contributed by atoms with Gasteiger partial charge < -0.3 is 10.6 Å². The second kappa shape index (κ2) is 8.19. The van der Waals surface area contributed by atoms with Gasteiger partial charge in [0, 0.05) is 6.04 Å². The summed E-state index contributed by atoms with van der Waals surface area (Å²) < 4.78 is 0. The van der Waals surface area contributed by atoms with Crippen LogP contribution in [-0.4, -0.2) is 40.9 Å². The summed E-state index contributed by atoms with van der Waals surface area (Å²) in [6.07, 6.45) is 5.07. The summed E-state index contributed by atoms with van der Waals surface area (Å²) in [6.45, 7) is 12.7. The number of urea groups is 1. The van der Waals surface area contributed by atoms with Crippen LogP contribution in [-0.2, 0) is 9.59 Å². The van der Waals surface area contributed by atoms with Crippen LogP contribution in [0.1, 0.15) is 80.1 Å². The molecule has 2 rings (SSSR count). The zero-order valence-electron chi connectivity index (χ0n) is 17.9. The number of amides is 4. The van der Waals surface area contributed by atoms with Crippen LogP contribution in [0.5, 0.6) is 0 Å². The first kappa shape index (κ1) is 21.7. The number of carbonyl (C=O) groups excluding carboxylic acids is 3. The predicted molar refractivity (Wildman–Crippen MR) is 106 cm³/mol. The number of rotatable bonds is 6. The van der Waals surface area contributed by atoms with Crippen LogP contribution in [0.3, 0.4) is 0 Å². The van der Waals surface area contributed by atoms with Gasteiger partial charge >= 0.3 is 6.03 Å². The average molecular weight is 380 g/mol. The van der Waals surface area contributed by atoms with Crippen LogP contribution < -0.4 is 10.6 Å². The second-order valence-electron chi connectivity index (χ2n) is 9.98. The molecule has 0 aromatic rings. The van der Waals surface area contributed by atoms with Crippen molar-refractivity contribution in [3.63, 3.8) is 0 Å². The topological polar surface area (TPSA) is 78.5 Å². The highest BCUT2D eigenvalue weighted by Gasteiger charge is 2.53. The molecule has 1 saturated heterocycles. The van der Waals surface area contributed by atoms with Crippen LogP contribution in [0.2, 0.25) is 0 Å². The zero-order chi connectivity index (χ0) is 20.4. The number of nitrogens with one attached hydrogen (secondary N) is 2. The summed E-state index contributed by atoms with van der Waals surface area (Å²) in [5, 5.41) is 5.81. The molecule has 0 bridgehead atoms. The predicted octanol–water partition coefficient (Wildman–Crippen LogP) is 3.45. The SMILES string of the molecule is CC(C)CCC(C)NC(=O)CN1C(=O)NC2(CCC(C(C)(C)C)CC2)C1=O. The van der Waals surface area contributed by atoms with Crippen molar-refractivity contribution in [2.24, 2.45) is 17.3 Å². The summed E-state index contributed by atoms with van der Waals surface area (Å²) in [7, 11) is 0. The third-order valence-electron chi connectivity index (χ3n) is 6.20. The van der Waals surface area contributed by atoms with E-state index >= 15 is 0 Å². The van der Waals surface area contributed by atoms with Crippen LogP contribution in [0.25, 0.3) is 0 Å². The Morgan fingerprint density at radius 3 is 2.30 bits per heavy atom. The molecule has 1 spiro atoms. The minimum absolute atomic E-state index is 0.0388. The van der Waals surface area contributed by atoms with Gasteiger partial charge in [-0.2, -0.15) is 0 Å². The van der Waals surface area contributed by atoms with Crippen LogP contribution in [0.4, 0.5) is 4.79 Å². The lowest BCUT2D eigenvalue weighted by atomic mass is 9.67. The third kappa shape index (κ3) is 5.23. The van der Waals surface area contributed by atoms with Gasteiger partial charge in [-0.15, -0.1) is 0 Å². The summed E-state index contributed by atoms with van der Waals surface area (Å²) >= 11 is 0. The highest BCUT2D eigenvalue weighted by atomic mass is 16.2.